The van der Waals surface area contributed by atoms with E-state index in [0.717, 1.165) is 13.0 Å². The summed E-state index contributed by atoms with van der Waals surface area (Å²) in [5.74, 6) is 0.477. The zero-order chi connectivity index (χ0) is 15.0. The molecule has 1 aliphatic rings. The molecule has 1 aliphatic carbocycles. The molecule has 0 saturated heterocycles. The van der Waals surface area contributed by atoms with Gasteiger partial charge < -0.3 is 5.32 Å². The van der Waals surface area contributed by atoms with E-state index in [9.17, 15) is 4.79 Å². The van der Waals surface area contributed by atoms with Gasteiger partial charge in [0.2, 0.25) is 0 Å². The van der Waals surface area contributed by atoms with Gasteiger partial charge in [-0.05, 0) is 31.4 Å². The monoisotopic (exact) mass is 303 g/mol. The Morgan fingerprint density at radius 1 is 1.43 bits per heavy atom. The van der Waals surface area contributed by atoms with Crippen LogP contribution in [0.15, 0.2) is 35.3 Å². The average molecular weight is 304 g/mol. The highest BCUT2D eigenvalue weighted by Crippen LogP contribution is 2.35. The highest BCUT2D eigenvalue weighted by Gasteiger charge is 2.25. The standard InChI is InChI=1S/C16H18ClN3O/c1-10(2)20-16(21)15(17)14(9-19-20)18-8-12-7-11-5-3-4-6-13(11)12/h3-6,9-10,12,18H,7-8H2,1-2H3. The molecule has 1 aromatic carbocycles. The molecule has 110 valence electrons. The summed E-state index contributed by atoms with van der Waals surface area (Å²) >= 11 is 6.15. The van der Waals surface area contributed by atoms with Crippen LogP contribution in [0.25, 0.3) is 0 Å². The second kappa shape index (κ2) is 5.53. The van der Waals surface area contributed by atoms with Crippen LogP contribution in [0.5, 0.6) is 0 Å². The first kappa shape index (κ1) is 14.1. The number of hydrogen-bond donors (Lipinski definition) is 1. The first-order chi connectivity index (χ1) is 10.1. The number of anilines is 1. The second-order valence-electron chi connectivity index (χ2n) is 5.70. The highest BCUT2D eigenvalue weighted by atomic mass is 35.5. The van der Waals surface area contributed by atoms with Gasteiger partial charge in [0.25, 0.3) is 5.56 Å². The molecule has 0 aliphatic heterocycles. The number of rotatable bonds is 4. The van der Waals surface area contributed by atoms with Crippen molar-refractivity contribution in [3.63, 3.8) is 0 Å². The third-order valence-electron chi connectivity index (χ3n) is 3.93. The summed E-state index contributed by atoms with van der Waals surface area (Å²) in [7, 11) is 0. The first-order valence-corrected chi connectivity index (χ1v) is 7.54. The Labute approximate surface area is 128 Å². The van der Waals surface area contributed by atoms with Gasteiger partial charge in [0, 0.05) is 12.5 Å². The van der Waals surface area contributed by atoms with Crippen LogP contribution in [-0.4, -0.2) is 16.3 Å². The zero-order valence-electron chi connectivity index (χ0n) is 12.1. The Hall–Kier alpha value is -1.81. The number of nitrogens with zero attached hydrogens (tertiary/aromatic N) is 2. The van der Waals surface area contributed by atoms with E-state index in [1.807, 2.05) is 13.8 Å². The summed E-state index contributed by atoms with van der Waals surface area (Å²) in [5.41, 5.74) is 3.15. The van der Waals surface area contributed by atoms with Crippen LogP contribution >= 0.6 is 11.6 Å². The van der Waals surface area contributed by atoms with Gasteiger partial charge in [-0.25, -0.2) is 4.68 Å². The smallest absolute Gasteiger partial charge is 0.287 e. The van der Waals surface area contributed by atoms with Crippen molar-refractivity contribution in [3.05, 3.63) is 57.0 Å². The highest BCUT2D eigenvalue weighted by molar-refractivity contribution is 6.32. The van der Waals surface area contributed by atoms with E-state index in [1.54, 1.807) is 6.20 Å². The lowest BCUT2D eigenvalue weighted by Gasteiger charge is -2.30. The molecule has 0 amide bonds. The van der Waals surface area contributed by atoms with Crippen LogP contribution in [0.4, 0.5) is 5.69 Å². The summed E-state index contributed by atoms with van der Waals surface area (Å²) in [6.45, 7) is 4.58. The minimum absolute atomic E-state index is 0.00237. The van der Waals surface area contributed by atoms with Crippen LogP contribution in [-0.2, 0) is 6.42 Å². The van der Waals surface area contributed by atoms with E-state index in [4.69, 9.17) is 11.6 Å². The molecule has 1 atom stereocenters. The maximum absolute atomic E-state index is 12.1. The molecule has 0 fully saturated rings. The van der Waals surface area contributed by atoms with Gasteiger partial charge >= 0.3 is 0 Å². The lowest BCUT2D eigenvalue weighted by Crippen LogP contribution is -2.28. The molecule has 1 heterocycles. The van der Waals surface area contributed by atoms with Crippen LogP contribution in [0.3, 0.4) is 0 Å². The molecule has 2 aromatic rings. The van der Waals surface area contributed by atoms with E-state index in [-0.39, 0.29) is 16.6 Å². The fraction of sp³-hybridized carbons (Fsp3) is 0.375. The van der Waals surface area contributed by atoms with E-state index >= 15 is 0 Å². The van der Waals surface area contributed by atoms with Gasteiger partial charge in [0.05, 0.1) is 17.9 Å². The largest absolute Gasteiger partial charge is 0.382 e. The third kappa shape index (κ3) is 2.56. The quantitative estimate of drug-likeness (QED) is 0.943. The van der Waals surface area contributed by atoms with Crippen LogP contribution < -0.4 is 10.9 Å². The Balaban J connectivity index is 1.73. The molecule has 21 heavy (non-hydrogen) atoms. The van der Waals surface area contributed by atoms with Crippen molar-refractivity contribution >= 4 is 17.3 Å². The molecule has 0 spiro atoms. The molecule has 0 bridgehead atoms. The van der Waals surface area contributed by atoms with Crippen molar-refractivity contribution in [1.82, 2.24) is 9.78 Å². The van der Waals surface area contributed by atoms with Crippen molar-refractivity contribution in [2.24, 2.45) is 0 Å². The van der Waals surface area contributed by atoms with Crippen molar-refractivity contribution in [1.29, 1.82) is 0 Å². The van der Waals surface area contributed by atoms with Crippen molar-refractivity contribution < 1.29 is 0 Å². The van der Waals surface area contributed by atoms with Gasteiger partial charge in [0.15, 0.2) is 0 Å². The van der Waals surface area contributed by atoms with Gasteiger partial charge in [-0.3, -0.25) is 4.79 Å². The van der Waals surface area contributed by atoms with Gasteiger partial charge in [-0.15, -0.1) is 0 Å². The molecule has 3 rings (SSSR count). The van der Waals surface area contributed by atoms with Gasteiger partial charge in [-0.1, -0.05) is 35.9 Å². The fourth-order valence-corrected chi connectivity index (χ4v) is 2.92. The zero-order valence-corrected chi connectivity index (χ0v) is 12.9. The molecular formula is C16H18ClN3O. The summed E-state index contributed by atoms with van der Waals surface area (Å²) in [6, 6.07) is 8.44. The summed E-state index contributed by atoms with van der Waals surface area (Å²) in [5, 5.41) is 7.63. The number of nitrogens with one attached hydrogen (secondary N) is 1. The van der Waals surface area contributed by atoms with Crippen molar-refractivity contribution in [3.8, 4) is 0 Å². The SMILES string of the molecule is CC(C)n1ncc(NCC2Cc3ccccc32)c(Cl)c1=O. The maximum atomic E-state index is 12.1. The Morgan fingerprint density at radius 2 is 2.19 bits per heavy atom. The molecule has 1 aromatic heterocycles. The van der Waals surface area contributed by atoms with E-state index < -0.39 is 0 Å². The average Bonchev–Trinajstić information content (AvgIpc) is 2.44. The predicted molar refractivity (Wildman–Crippen MR) is 85.3 cm³/mol. The summed E-state index contributed by atoms with van der Waals surface area (Å²) in [6.07, 6.45) is 2.70. The van der Waals surface area contributed by atoms with Crippen LogP contribution in [0.1, 0.15) is 36.9 Å². The Morgan fingerprint density at radius 3 is 2.90 bits per heavy atom. The Kier molecular flexibility index (Phi) is 3.72. The molecule has 0 saturated carbocycles. The Bertz CT molecular complexity index is 724. The second-order valence-corrected chi connectivity index (χ2v) is 6.07. The molecule has 5 heteroatoms. The van der Waals surface area contributed by atoms with Crippen LogP contribution in [0.2, 0.25) is 5.02 Å². The lowest BCUT2D eigenvalue weighted by atomic mass is 9.77. The molecule has 1 unspecified atom stereocenters. The van der Waals surface area contributed by atoms with Gasteiger partial charge in [0.1, 0.15) is 5.02 Å². The summed E-state index contributed by atoms with van der Waals surface area (Å²) in [4.78, 5) is 12.1. The van der Waals surface area contributed by atoms with E-state index in [0.29, 0.717) is 11.6 Å². The number of aromatic nitrogens is 2. The minimum atomic E-state index is -0.245. The number of benzene rings is 1. The first-order valence-electron chi connectivity index (χ1n) is 7.17. The molecule has 0 radical (unpaired) electrons. The molecule has 1 N–H and O–H groups in total. The third-order valence-corrected chi connectivity index (χ3v) is 4.30. The fourth-order valence-electron chi connectivity index (χ4n) is 2.71. The summed E-state index contributed by atoms with van der Waals surface area (Å²) < 4.78 is 1.40. The number of halogens is 1. The van der Waals surface area contributed by atoms with Crippen molar-refractivity contribution in [2.45, 2.75) is 32.2 Å². The number of fused-ring (bicyclic) bond motifs is 1. The maximum Gasteiger partial charge on any atom is 0.287 e. The normalized spacial score (nSPS) is 16.5. The topological polar surface area (TPSA) is 46.9 Å². The van der Waals surface area contributed by atoms with E-state index in [1.165, 1.54) is 15.8 Å². The van der Waals surface area contributed by atoms with Crippen LogP contribution in [0, 0.1) is 0 Å². The predicted octanol–water partition coefficient (Wildman–Crippen LogP) is 3.23. The molecule has 4 nitrogen and oxygen atoms in total. The van der Waals surface area contributed by atoms with Crippen molar-refractivity contribution in [2.75, 3.05) is 11.9 Å². The van der Waals surface area contributed by atoms with Gasteiger partial charge in [-0.2, -0.15) is 5.10 Å². The lowest BCUT2D eigenvalue weighted by molar-refractivity contribution is 0.503. The molecular weight excluding hydrogens is 286 g/mol. The minimum Gasteiger partial charge on any atom is -0.382 e. The van der Waals surface area contributed by atoms with E-state index in [2.05, 4.69) is 34.7 Å². The number of hydrogen-bond acceptors (Lipinski definition) is 3.